The predicted molar refractivity (Wildman–Crippen MR) is 97.9 cm³/mol. The summed E-state index contributed by atoms with van der Waals surface area (Å²) in [5, 5.41) is 12.8. The van der Waals surface area contributed by atoms with Gasteiger partial charge in [0.15, 0.2) is 6.04 Å². The molecule has 0 aromatic heterocycles. The summed E-state index contributed by atoms with van der Waals surface area (Å²) in [5.41, 5.74) is 0.896. The van der Waals surface area contributed by atoms with Crippen LogP contribution in [0.15, 0.2) is 23.2 Å². The van der Waals surface area contributed by atoms with Crippen LogP contribution in [0.1, 0.15) is 44.9 Å². The average molecular weight is 364 g/mol. The first kappa shape index (κ1) is 17.6. The molecule has 1 aliphatic heterocycles. The number of aliphatic hydroxyl groups is 1. The van der Waals surface area contributed by atoms with Gasteiger partial charge in [-0.3, -0.25) is 0 Å². The molecule has 0 saturated heterocycles. The van der Waals surface area contributed by atoms with Gasteiger partial charge in [0.25, 0.3) is 5.92 Å². The summed E-state index contributed by atoms with van der Waals surface area (Å²) in [7, 11) is 1.52. The number of methoxy groups -OCH3 is 1. The van der Waals surface area contributed by atoms with E-state index in [0.717, 1.165) is 30.6 Å². The summed E-state index contributed by atoms with van der Waals surface area (Å²) in [5.74, 6) is -0.439. The number of nitrogens with one attached hydrogen (secondary N) is 1. The van der Waals surface area contributed by atoms with E-state index in [0.29, 0.717) is 23.5 Å². The minimum absolute atomic E-state index is 0.240. The molecule has 0 radical (unpaired) electrons. The number of alkyl halides is 2. The summed E-state index contributed by atoms with van der Waals surface area (Å²) in [6.07, 6.45) is 6.12. The van der Waals surface area contributed by atoms with Crippen LogP contribution in [0.3, 0.4) is 0 Å². The molecule has 2 aliphatic carbocycles. The van der Waals surface area contributed by atoms with Crippen LogP contribution in [0.2, 0.25) is 0 Å². The Morgan fingerprint density at radius 2 is 2.15 bits per heavy atom. The van der Waals surface area contributed by atoms with Crippen molar-refractivity contribution in [2.75, 3.05) is 12.4 Å². The van der Waals surface area contributed by atoms with E-state index in [1.165, 1.54) is 26.4 Å². The highest BCUT2D eigenvalue weighted by molar-refractivity contribution is 5.92. The number of hydrogen-bond acceptors (Lipinski definition) is 3. The molecule has 1 heterocycles. The molecule has 26 heavy (non-hydrogen) atoms. The van der Waals surface area contributed by atoms with Gasteiger partial charge >= 0.3 is 0 Å². The Balaban J connectivity index is 1.33. The zero-order valence-electron chi connectivity index (χ0n) is 15.0. The van der Waals surface area contributed by atoms with Crippen molar-refractivity contribution in [2.24, 2.45) is 22.7 Å². The van der Waals surface area contributed by atoms with Crippen molar-refractivity contribution in [3.63, 3.8) is 0 Å². The Hall–Kier alpha value is -1.85. The minimum atomic E-state index is -3.04. The number of hydrogen-bond donors (Lipinski definition) is 2. The van der Waals surface area contributed by atoms with Crippen LogP contribution in [0.5, 0.6) is 5.75 Å². The third kappa shape index (κ3) is 3.38. The lowest BCUT2D eigenvalue weighted by molar-refractivity contribution is -0.0152. The molecule has 1 aromatic rings. The number of benzene rings is 1. The second-order valence-corrected chi connectivity index (χ2v) is 7.93. The molecule has 2 N–H and O–H groups in total. The van der Waals surface area contributed by atoms with E-state index in [2.05, 4.69) is 10.3 Å². The van der Waals surface area contributed by atoms with E-state index in [9.17, 15) is 13.9 Å². The predicted octanol–water partition coefficient (Wildman–Crippen LogP) is 5.32. The highest BCUT2D eigenvalue weighted by Gasteiger charge is 2.47. The molecule has 142 valence electrons. The SMILES string of the molecule is COc1ccc2c(c1)N=C(O)C(C(F)(F)CCCC[C@H]1CCC3CC31)N2. The number of nitrogens with zero attached hydrogens (tertiary/aromatic N) is 1. The maximum absolute atomic E-state index is 14.7. The standard InChI is InChI=1S/C20H26F2N2O2/c1-26-14-7-8-16-17(11-14)24-19(25)18(23-16)20(21,22)9-3-2-4-12-5-6-13-10-15(12)13/h7-8,11-13,15,18,23H,2-6,9-10H2,1H3,(H,24,25)/t12-,13?,15?,18?/m0/s1. The van der Waals surface area contributed by atoms with Crippen LogP contribution in [-0.4, -0.2) is 30.1 Å². The maximum Gasteiger partial charge on any atom is 0.276 e. The molecule has 2 fully saturated rings. The number of anilines is 1. The zero-order valence-corrected chi connectivity index (χ0v) is 15.0. The van der Waals surface area contributed by atoms with Gasteiger partial charge < -0.3 is 15.2 Å². The largest absolute Gasteiger partial charge is 0.497 e. The lowest BCUT2D eigenvalue weighted by Gasteiger charge is -2.30. The zero-order chi connectivity index (χ0) is 18.3. The first-order valence-corrected chi connectivity index (χ1v) is 9.58. The van der Waals surface area contributed by atoms with Crippen LogP contribution < -0.4 is 10.1 Å². The first-order valence-electron chi connectivity index (χ1n) is 9.58. The molecule has 1 aromatic carbocycles. The van der Waals surface area contributed by atoms with E-state index in [1.54, 1.807) is 18.2 Å². The van der Waals surface area contributed by atoms with E-state index in [-0.39, 0.29) is 6.42 Å². The van der Waals surface area contributed by atoms with Crippen molar-refractivity contribution >= 4 is 17.3 Å². The summed E-state index contributed by atoms with van der Waals surface area (Å²) < 4.78 is 34.4. The Labute approximate surface area is 152 Å². The van der Waals surface area contributed by atoms with Crippen molar-refractivity contribution in [1.82, 2.24) is 0 Å². The molecular formula is C20H26F2N2O2. The van der Waals surface area contributed by atoms with E-state index >= 15 is 0 Å². The molecule has 3 aliphatic rings. The van der Waals surface area contributed by atoms with E-state index in [4.69, 9.17) is 4.74 Å². The van der Waals surface area contributed by atoms with Gasteiger partial charge in [0.1, 0.15) is 5.75 Å². The summed E-state index contributed by atoms with van der Waals surface area (Å²) in [4.78, 5) is 3.96. The van der Waals surface area contributed by atoms with Crippen LogP contribution in [0.25, 0.3) is 0 Å². The van der Waals surface area contributed by atoms with Crippen molar-refractivity contribution in [3.8, 4) is 5.75 Å². The Bertz CT molecular complexity index is 707. The van der Waals surface area contributed by atoms with Gasteiger partial charge in [-0.25, -0.2) is 13.8 Å². The Morgan fingerprint density at radius 1 is 1.31 bits per heavy atom. The van der Waals surface area contributed by atoms with Crippen LogP contribution in [0.4, 0.5) is 20.2 Å². The van der Waals surface area contributed by atoms with Gasteiger partial charge in [-0.05, 0) is 55.6 Å². The van der Waals surface area contributed by atoms with Crippen molar-refractivity contribution in [2.45, 2.75) is 56.9 Å². The number of rotatable bonds is 7. The van der Waals surface area contributed by atoms with Gasteiger partial charge in [-0.2, -0.15) is 0 Å². The first-order chi connectivity index (χ1) is 12.5. The number of fused-ring (bicyclic) bond motifs is 2. The maximum atomic E-state index is 14.7. The molecule has 4 rings (SSSR count). The third-order valence-corrected chi connectivity index (χ3v) is 6.25. The average Bonchev–Trinajstić information content (AvgIpc) is 3.30. The molecule has 2 saturated carbocycles. The van der Waals surface area contributed by atoms with Gasteiger partial charge in [0.05, 0.1) is 18.5 Å². The summed E-state index contributed by atoms with van der Waals surface area (Å²) in [6.45, 7) is 0. The summed E-state index contributed by atoms with van der Waals surface area (Å²) >= 11 is 0. The number of unbranched alkanes of at least 4 members (excludes halogenated alkanes) is 1. The van der Waals surface area contributed by atoms with Crippen LogP contribution >= 0.6 is 0 Å². The normalized spacial score (nSPS) is 29.4. The van der Waals surface area contributed by atoms with Crippen molar-refractivity contribution in [1.29, 1.82) is 0 Å². The molecule has 3 unspecified atom stereocenters. The second-order valence-electron chi connectivity index (χ2n) is 7.93. The molecule has 0 bridgehead atoms. The number of ether oxygens (including phenoxy) is 1. The van der Waals surface area contributed by atoms with Crippen LogP contribution in [-0.2, 0) is 0 Å². The number of aliphatic imine (C=N–C) groups is 1. The molecule has 0 spiro atoms. The molecule has 4 atom stereocenters. The lowest BCUT2D eigenvalue weighted by atomic mass is 9.94. The van der Waals surface area contributed by atoms with Gasteiger partial charge in [-0.15, -0.1) is 0 Å². The van der Waals surface area contributed by atoms with Crippen molar-refractivity contribution < 1.29 is 18.6 Å². The fourth-order valence-electron chi connectivity index (χ4n) is 4.65. The third-order valence-electron chi connectivity index (χ3n) is 6.25. The fourth-order valence-corrected chi connectivity index (χ4v) is 4.65. The number of aliphatic hydroxyl groups excluding tert-OH is 1. The smallest absolute Gasteiger partial charge is 0.276 e. The molecule has 6 heteroatoms. The van der Waals surface area contributed by atoms with E-state index < -0.39 is 17.9 Å². The van der Waals surface area contributed by atoms with Gasteiger partial charge in [0.2, 0.25) is 5.90 Å². The Kier molecular flexibility index (Phi) is 4.53. The molecule has 4 nitrogen and oxygen atoms in total. The summed E-state index contributed by atoms with van der Waals surface area (Å²) in [6, 6.07) is 3.48. The highest BCUT2D eigenvalue weighted by Crippen LogP contribution is 2.56. The lowest BCUT2D eigenvalue weighted by Crippen LogP contribution is -2.47. The number of halogens is 2. The minimum Gasteiger partial charge on any atom is -0.497 e. The Morgan fingerprint density at radius 3 is 2.85 bits per heavy atom. The van der Waals surface area contributed by atoms with Gasteiger partial charge in [-0.1, -0.05) is 12.8 Å². The molecule has 0 amide bonds. The topological polar surface area (TPSA) is 53.9 Å². The van der Waals surface area contributed by atoms with Crippen LogP contribution in [0, 0.1) is 17.8 Å². The second kappa shape index (κ2) is 6.71. The van der Waals surface area contributed by atoms with Crippen molar-refractivity contribution in [3.05, 3.63) is 18.2 Å². The van der Waals surface area contributed by atoms with E-state index in [1.807, 2.05) is 0 Å². The van der Waals surface area contributed by atoms with Gasteiger partial charge in [0, 0.05) is 12.5 Å². The highest BCUT2D eigenvalue weighted by atomic mass is 19.3. The quantitative estimate of drug-likeness (QED) is 0.644. The molecular weight excluding hydrogens is 338 g/mol. The monoisotopic (exact) mass is 364 g/mol. The fraction of sp³-hybridized carbons (Fsp3) is 0.650.